The third kappa shape index (κ3) is 6.95. The maximum absolute atomic E-state index is 6.04. The molecule has 0 spiro atoms. The lowest BCUT2D eigenvalue weighted by Crippen LogP contribution is -2.37. The highest BCUT2D eigenvalue weighted by Gasteiger charge is 2.20. The number of methoxy groups -OCH3 is 1. The highest BCUT2D eigenvalue weighted by atomic mass is 127. The molecule has 0 bridgehead atoms. The number of benzene rings is 1. The number of aliphatic imine (C=N–C) groups is 1. The van der Waals surface area contributed by atoms with Gasteiger partial charge in [0.1, 0.15) is 5.75 Å². The lowest BCUT2D eigenvalue weighted by molar-refractivity contribution is 0.119. The summed E-state index contributed by atoms with van der Waals surface area (Å²) in [5.74, 6) is 1.78. The summed E-state index contributed by atoms with van der Waals surface area (Å²) >= 11 is 0. The predicted octanol–water partition coefficient (Wildman–Crippen LogP) is 2.94. The van der Waals surface area contributed by atoms with Crippen molar-refractivity contribution < 1.29 is 9.47 Å². The number of hydrogen-bond acceptors (Lipinski definition) is 3. The third-order valence-corrected chi connectivity index (χ3v) is 3.81. The van der Waals surface area contributed by atoms with E-state index in [4.69, 9.17) is 9.47 Å². The predicted molar refractivity (Wildman–Crippen MR) is 105 cm³/mol. The first-order valence-electron chi connectivity index (χ1n) is 8.01. The molecular weight excluding hydrogens is 405 g/mol. The van der Waals surface area contributed by atoms with Gasteiger partial charge in [0.2, 0.25) is 0 Å². The first kappa shape index (κ1) is 20.0. The van der Waals surface area contributed by atoms with Crippen LogP contribution in [0.25, 0.3) is 0 Å². The van der Waals surface area contributed by atoms with Crippen LogP contribution < -0.4 is 15.4 Å². The van der Waals surface area contributed by atoms with Crippen LogP contribution in [0.4, 0.5) is 0 Å². The number of hydrogen-bond donors (Lipinski definition) is 2. The molecule has 130 valence electrons. The van der Waals surface area contributed by atoms with E-state index in [0.29, 0.717) is 12.6 Å². The molecule has 6 heteroatoms. The van der Waals surface area contributed by atoms with Gasteiger partial charge in [0.05, 0.1) is 6.10 Å². The zero-order valence-corrected chi connectivity index (χ0v) is 16.3. The molecule has 0 radical (unpaired) electrons. The summed E-state index contributed by atoms with van der Waals surface area (Å²) in [6.45, 7) is 2.29. The van der Waals surface area contributed by atoms with Gasteiger partial charge < -0.3 is 20.1 Å². The Morgan fingerprint density at radius 1 is 1.26 bits per heavy atom. The van der Waals surface area contributed by atoms with Gasteiger partial charge in [-0.15, -0.1) is 24.0 Å². The fraction of sp³-hybridized carbons (Fsp3) is 0.588. The Morgan fingerprint density at radius 2 is 2.04 bits per heavy atom. The highest BCUT2D eigenvalue weighted by molar-refractivity contribution is 14.0. The largest absolute Gasteiger partial charge is 0.490 e. The zero-order chi connectivity index (χ0) is 15.6. The Labute approximate surface area is 156 Å². The summed E-state index contributed by atoms with van der Waals surface area (Å²) in [5, 5.41) is 6.61. The number of rotatable bonds is 8. The lowest BCUT2D eigenvalue weighted by Gasteiger charge is -2.27. The van der Waals surface area contributed by atoms with E-state index in [1.807, 2.05) is 18.2 Å². The number of guanidine groups is 1. The first-order valence-corrected chi connectivity index (χ1v) is 8.01. The van der Waals surface area contributed by atoms with E-state index in [0.717, 1.165) is 36.8 Å². The molecule has 0 heterocycles. The number of halogens is 1. The molecule has 1 aliphatic rings. The van der Waals surface area contributed by atoms with E-state index in [9.17, 15) is 0 Å². The van der Waals surface area contributed by atoms with E-state index >= 15 is 0 Å². The van der Waals surface area contributed by atoms with Gasteiger partial charge in [0, 0.05) is 39.4 Å². The number of ether oxygens (including phenoxy) is 2. The Balaban J connectivity index is 0.00000264. The number of para-hydroxylation sites is 1. The van der Waals surface area contributed by atoms with E-state index in [2.05, 4.69) is 21.7 Å². The average Bonchev–Trinajstić information content (AvgIpc) is 2.51. The van der Waals surface area contributed by atoms with Crippen LogP contribution in [0.3, 0.4) is 0 Å². The van der Waals surface area contributed by atoms with Crippen molar-refractivity contribution in [3.05, 3.63) is 29.8 Å². The third-order valence-electron chi connectivity index (χ3n) is 3.81. The fourth-order valence-electron chi connectivity index (χ4n) is 2.26. The molecular formula is C17H28IN3O2. The smallest absolute Gasteiger partial charge is 0.191 e. The van der Waals surface area contributed by atoms with Crippen molar-refractivity contribution in [2.45, 2.75) is 38.3 Å². The molecule has 0 amide bonds. The summed E-state index contributed by atoms with van der Waals surface area (Å²) in [6, 6.07) is 8.21. The summed E-state index contributed by atoms with van der Waals surface area (Å²) in [4.78, 5) is 4.23. The SMILES string of the molecule is CN=C(NCCCOC)NCc1ccccc1OC1CCC1.I. The van der Waals surface area contributed by atoms with Crippen LogP contribution in [-0.4, -0.2) is 39.4 Å². The van der Waals surface area contributed by atoms with Crippen molar-refractivity contribution in [1.29, 1.82) is 0 Å². The number of nitrogens with zero attached hydrogens (tertiary/aromatic N) is 1. The molecule has 23 heavy (non-hydrogen) atoms. The van der Waals surface area contributed by atoms with E-state index < -0.39 is 0 Å². The molecule has 1 aromatic carbocycles. The average molecular weight is 433 g/mol. The van der Waals surface area contributed by atoms with Crippen molar-refractivity contribution in [3.63, 3.8) is 0 Å². The molecule has 1 aliphatic carbocycles. The van der Waals surface area contributed by atoms with Gasteiger partial charge in [-0.05, 0) is 31.7 Å². The minimum atomic E-state index is 0. The number of nitrogens with one attached hydrogen (secondary N) is 2. The monoisotopic (exact) mass is 433 g/mol. The van der Waals surface area contributed by atoms with Crippen molar-refractivity contribution in [2.75, 3.05) is 27.3 Å². The molecule has 0 aromatic heterocycles. The van der Waals surface area contributed by atoms with Gasteiger partial charge in [0.15, 0.2) is 5.96 Å². The second-order valence-corrected chi connectivity index (χ2v) is 5.48. The fourth-order valence-corrected chi connectivity index (χ4v) is 2.26. The van der Waals surface area contributed by atoms with Crippen LogP contribution in [0.15, 0.2) is 29.3 Å². The van der Waals surface area contributed by atoms with Gasteiger partial charge in [0.25, 0.3) is 0 Å². The second-order valence-electron chi connectivity index (χ2n) is 5.48. The van der Waals surface area contributed by atoms with Crippen molar-refractivity contribution in [1.82, 2.24) is 10.6 Å². The lowest BCUT2D eigenvalue weighted by atomic mass is 9.96. The summed E-state index contributed by atoms with van der Waals surface area (Å²) in [6.07, 6.45) is 4.98. The molecule has 0 aliphatic heterocycles. The quantitative estimate of drug-likeness (QED) is 0.287. The van der Waals surface area contributed by atoms with Gasteiger partial charge in [-0.2, -0.15) is 0 Å². The van der Waals surface area contributed by atoms with Crippen LogP contribution in [0.2, 0.25) is 0 Å². The molecule has 1 fully saturated rings. The zero-order valence-electron chi connectivity index (χ0n) is 14.0. The minimum Gasteiger partial charge on any atom is -0.490 e. The van der Waals surface area contributed by atoms with E-state index in [1.165, 1.54) is 19.3 Å². The molecule has 5 nitrogen and oxygen atoms in total. The topological polar surface area (TPSA) is 54.9 Å². The van der Waals surface area contributed by atoms with Gasteiger partial charge in [-0.1, -0.05) is 18.2 Å². The highest BCUT2D eigenvalue weighted by Crippen LogP contribution is 2.27. The maximum Gasteiger partial charge on any atom is 0.191 e. The van der Waals surface area contributed by atoms with Crippen LogP contribution in [-0.2, 0) is 11.3 Å². The molecule has 2 N–H and O–H groups in total. The van der Waals surface area contributed by atoms with Gasteiger partial charge in [-0.3, -0.25) is 4.99 Å². The van der Waals surface area contributed by atoms with Crippen molar-refractivity contribution in [2.24, 2.45) is 4.99 Å². The Bertz CT molecular complexity index is 479. The first-order chi connectivity index (χ1) is 10.8. The molecule has 0 saturated heterocycles. The molecule has 1 aromatic rings. The van der Waals surface area contributed by atoms with Gasteiger partial charge >= 0.3 is 0 Å². The van der Waals surface area contributed by atoms with Crippen LogP contribution in [0.1, 0.15) is 31.2 Å². The van der Waals surface area contributed by atoms with Crippen molar-refractivity contribution in [3.8, 4) is 5.75 Å². The Hall–Kier alpha value is -1.02. The molecule has 0 unspecified atom stereocenters. The normalized spacial score (nSPS) is 14.6. The minimum absolute atomic E-state index is 0. The standard InChI is InChI=1S/C17H27N3O2.HI/c1-18-17(19-11-6-12-21-2)20-13-14-7-3-4-10-16(14)22-15-8-5-9-15;/h3-4,7,10,15H,5-6,8-9,11-13H2,1-2H3,(H2,18,19,20);1H. The summed E-state index contributed by atoms with van der Waals surface area (Å²) < 4.78 is 11.1. The molecule has 2 rings (SSSR count). The van der Waals surface area contributed by atoms with Crippen LogP contribution >= 0.6 is 24.0 Å². The van der Waals surface area contributed by atoms with Gasteiger partial charge in [-0.25, -0.2) is 0 Å². The molecule has 1 saturated carbocycles. The Morgan fingerprint density at radius 3 is 2.70 bits per heavy atom. The van der Waals surface area contributed by atoms with Crippen LogP contribution in [0.5, 0.6) is 5.75 Å². The van der Waals surface area contributed by atoms with E-state index in [1.54, 1.807) is 14.2 Å². The summed E-state index contributed by atoms with van der Waals surface area (Å²) in [5.41, 5.74) is 1.16. The van der Waals surface area contributed by atoms with E-state index in [-0.39, 0.29) is 24.0 Å². The summed E-state index contributed by atoms with van der Waals surface area (Å²) in [7, 11) is 3.49. The van der Waals surface area contributed by atoms with Crippen molar-refractivity contribution >= 4 is 29.9 Å². The molecule has 0 atom stereocenters. The Kier molecular flexibility index (Phi) is 10.0. The maximum atomic E-state index is 6.04. The van der Waals surface area contributed by atoms with Crippen LogP contribution in [0, 0.1) is 0 Å². The second kappa shape index (κ2) is 11.5.